The largest absolute Gasteiger partial charge is 0.325 e. The van der Waals surface area contributed by atoms with Gasteiger partial charge in [0, 0.05) is 22.8 Å². The summed E-state index contributed by atoms with van der Waals surface area (Å²) in [6.45, 7) is 2.18. The van der Waals surface area contributed by atoms with Gasteiger partial charge >= 0.3 is 0 Å². The molecule has 4 rings (SSSR count). The highest BCUT2D eigenvalue weighted by Crippen LogP contribution is 2.51. The normalized spacial score (nSPS) is 36.1. The van der Waals surface area contributed by atoms with E-state index >= 15 is 0 Å². The van der Waals surface area contributed by atoms with E-state index < -0.39 is 0 Å². The van der Waals surface area contributed by atoms with Crippen LogP contribution in [-0.4, -0.2) is 10.5 Å². The first-order valence-electron chi connectivity index (χ1n) is 6.90. The molecule has 92 valence electrons. The van der Waals surface area contributed by atoms with Crippen LogP contribution in [0, 0.1) is 0 Å². The van der Waals surface area contributed by atoms with Gasteiger partial charge in [-0.1, -0.05) is 13.0 Å². The van der Waals surface area contributed by atoms with Gasteiger partial charge in [-0.3, -0.25) is 4.98 Å². The van der Waals surface area contributed by atoms with Crippen LogP contribution < -0.4 is 5.73 Å². The smallest absolute Gasteiger partial charge is 0.0465 e. The second kappa shape index (κ2) is 3.81. The van der Waals surface area contributed by atoms with Crippen molar-refractivity contribution in [3.05, 3.63) is 29.6 Å². The summed E-state index contributed by atoms with van der Waals surface area (Å²) in [4.78, 5) is 4.72. The van der Waals surface area contributed by atoms with Crippen molar-refractivity contribution < 1.29 is 0 Å². The summed E-state index contributed by atoms with van der Waals surface area (Å²) in [5.41, 5.74) is 9.52. The number of hydrogen-bond acceptors (Lipinski definition) is 2. The third kappa shape index (κ3) is 1.79. The summed E-state index contributed by atoms with van der Waals surface area (Å²) in [6.07, 6.45) is 10.4. The first-order chi connectivity index (χ1) is 8.16. The van der Waals surface area contributed by atoms with Gasteiger partial charge in [0.05, 0.1) is 0 Å². The molecule has 1 aromatic heterocycles. The van der Waals surface area contributed by atoms with E-state index in [1.165, 1.54) is 49.8 Å². The maximum absolute atomic E-state index is 6.36. The predicted octanol–water partition coefficient (Wildman–Crippen LogP) is 2.95. The molecule has 0 amide bonds. The molecule has 3 fully saturated rings. The van der Waals surface area contributed by atoms with E-state index in [4.69, 9.17) is 10.7 Å². The molecule has 0 atom stereocenters. The fourth-order valence-corrected chi connectivity index (χ4v) is 3.55. The summed E-state index contributed by atoms with van der Waals surface area (Å²) >= 11 is 0. The van der Waals surface area contributed by atoms with Crippen LogP contribution in [0.1, 0.15) is 56.7 Å². The number of fused-ring (bicyclic) bond motifs is 3. The number of nitrogens with zero attached hydrogens (tertiary/aromatic N) is 1. The highest BCUT2D eigenvalue weighted by molar-refractivity contribution is 5.25. The van der Waals surface area contributed by atoms with Crippen molar-refractivity contribution in [2.75, 3.05) is 0 Å². The molecule has 0 radical (unpaired) electrons. The van der Waals surface area contributed by atoms with Crippen LogP contribution in [0.2, 0.25) is 0 Å². The Morgan fingerprint density at radius 1 is 1.12 bits per heavy atom. The maximum atomic E-state index is 6.36. The van der Waals surface area contributed by atoms with Crippen LogP contribution in [0.3, 0.4) is 0 Å². The zero-order valence-electron chi connectivity index (χ0n) is 10.7. The lowest BCUT2D eigenvalue weighted by atomic mass is 9.56. The average Bonchev–Trinajstić information content (AvgIpc) is 2.40. The molecular formula is C15H22N2. The molecule has 3 aliphatic rings. The summed E-state index contributed by atoms with van der Waals surface area (Å²) in [5.74, 6) is 0. The molecular weight excluding hydrogens is 208 g/mol. The molecule has 0 aliphatic heterocycles. The van der Waals surface area contributed by atoms with Crippen LogP contribution >= 0.6 is 0 Å². The zero-order valence-corrected chi connectivity index (χ0v) is 10.7. The zero-order chi connectivity index (χ0) is 11.9. The molecule has 3 aliphatic carbocycles. The standard InChI is InChI=1S/C15H22N2/c1-2-12-3-4-13(17-11-12)14-5-8-15(16,9-6-14)10-7-14/h3-4,11H,2,5-10,16H2,1H3. The van der Waals surface area contributed by atoms with Crippen LogP contribution in [-0.2, 0) is 11.8 Å². The van der Waals surface area contributed by atoms with Gasteiger partial charge in [0.2, 0.25) is 0 Å². The molecule has 17 heavy (non-hydrogen) atoms. The SMILES string of the molecule is CCc1ccc(C23CCC(N)(CC2)CC3)nc1. The Morgan fingerprint density at radius 2 is 1.76 bits per heavy atom. The Bertz CT molecular complexity index is 383. The average molecular weight is 230 g/mol. The van der Waals surface area contributed by atoms with Crippen molar-refractivity contribution >= 4 is 0 Å². The Hall–Kier alpha value is -0.890. The number of pyridine rings is 1. The molecule has 2 N–H and O–H groups in total. The van der Waals surface area contributed by atoms with E-state index in [2.05, 4.69) is 25.3 Å². The number of aromatic nitrogens is 1. The van der Waals surface area contributed by atoms with Crippen LogP contribution in [0.5, 0.6) is 0 Å². The minimum absolute atomic E-state index is 0.158. The highest BCUT2D eigenvalue weighted by Gasteiger charge is 2.48. The van der Waals surface area contributed by atoms with Gasteiger partial charge in [0.15, 0.2) is 0 Å². The molecule has 0 unspecified atom stereocenters. The lowest BCUT2D eigenvalue weighted by Crippen LogP contribution is -2.53. The molecule has 0 aromatic carbocycles. The Balaban J connectivity index is 1.88. The van der Waals surface area contributed by atoms with Gasteiger partial charge in [-0.2, -0.15) is 0 Å². The highest BCUT2D eigenvalue weighted by atomic mass is 14.8. The van der Waals surface area contributed by atoms with Crippen molar-refractivity contribution in [3.63, 3.8) is 0 Å². The van der Waals surface area contributed by atoms with E-state index in [0.717, 1.165) is 6.42 Å². The van der Waals surface area contributed by atoms with E-state index in [-0.39, 0.29) is 5.54 Å². The summed E-state index contributed by atoms with van der Waals surface area (Å²) in [5, 5.41) is 0. The van der Waals surface area contributed by atoms with Gasteiger partial charge in [-0.15, -0.1) is 0 Å². The summed E-state index contributed by atoms with van der Waals surface area (Å²) in [7, 11) is 0. The van der Waals surface area contributed by atoms with Crippen LogP contribution in [0.4, 0.5) is 0 Å². The third-order valence-electron chi connectivity index (χ3n) is 5.08. The molecule has 2 heteroatoms. The Kier molecular flexibility index (Phi) is 2.51. The van der Waals surface area contributed by atoms with Gasteiger partial charge in [-0.25, -0.2) is 0 Å². The van der Waals surface area contributed by atoms with Gasteiger partial charge in [0.25, 0.3) is 0 Å². The first-order valence-corrected chi connectivity index (χ1v) is 6.90. The third-order valence-corrected chi connectivity index (χ3v) is 5.08. The summed E-state index contributed by atoms with van der Waals surface area (Å²) in [6, 6.07) is 4.50. The van der Waals surface area contributed by atoms with Crippen molar-refractivity contribution in [2.24, 2.45) is 5.73 Å². The Morgan fingerprint density at radius 3 is 2.24 bits per heavy atom. The van der Waals surface area contributed by atoms with Crippen LogP contribution in [0.25, 0.3) is 0 Å². The molecule has 1 aromatic rings. The molecule has 3 saturated carbocycles. The van der Waals surface area contributed by atoms with Crippen molar-refractivity contribution in [2.45, 2.75) is 62.8 Å². The van der Waals surface area contributed by atoms with E-state index in [1.54, 1.807) is 0 Å². The minimum atomic E-state index is 0.158. The number of nitrogens with two attached hydrogens (primary N) is 1. The maximum Gasteiger partial charge on any atom is 0.0465 e. The minimum Gasteiger partial charge on any atom is -0.325 e. The monoisotopic (exact) mass is 230 g/mol. The topological polar surface area (TPSA) is 38.9 Å². The lowest BCUT2D eigenvalue weighted by molar-refractivity contribution is 0.104. The van der Waals surface area contributed by atoms with Crippen molar-refractivity contribution in [1.82, 2.24) is 4.98 Å². The fourth-order valence-electron chi connectivity index (χ4n) is 3.55. The van der Waals surface area contributed by atoms with E-state index in [1.807, 2.05) is 0 Å². The molecule has 2 nitrogen and oxygen atoms in total. The van der Waals surface area contributed by atoms with Gasteiger partial charge in [-0.05, 0) is 56.6 Å². The number of rotatable bonds is 2. The second-order valence-corrected chi connectivity index (χ2v) is 6.05. The first kappa shape index (κ1) is 11.2. The fraction of sp³-hybridized carbons (Fsp3) is 0.667. The molecule has 0 spiro atoms. The second-order valence-electron chi connectivity index (χ2n) is 6.05. The van der Waals surface area contributed by atoms with Gasteiger partial charge in [0.1, 0.15) is 0 Å². The molecule has 1 heterocycles. The van der Waals surface area contributed by atoms with Crippen molar-refractivity contribution in [3.8, 4) is 0 Å². The summed E-state index contributed by atoms with van der Waals surface area (Å²) < 4.78 is 0. The van der Waals surface area contributed by atoms with Crippen molar-refractivity contribution in [1.29, 1.82) is 0 Å². The molecule has 2 bridgehead atoms. The molecule has 0 saturated heterocycles. The number of hydrogen-bond donors (Lipinski definition) is 1. The lowest BCUT2D eigenvalue weighted by Gasteiger charge is -2.51. The van der Waals surface area contributed by atoms with E-state index in [9.17, 15) is 0 Å². The van der Waals surface area contributed by atoms with Gasteiger partial charge < -0.3 is 5.73 Å². The van der Waals surface area contributed by atoms with Crippen LogP contribution in [0.15, 0.2) is 18.3 Å². The quantitative estimate of drug-likeness (QED) is 0.848. The Labute approximate surface area is 104 Å². The number of aryl methyl sites for hydroxylation is 1. The predicted molar refractivity (Wildman–Crippen MR) is 69.9 cm³/mol. The van der Waals surface area contributed by atoms with E-state index in [0.29, 0.717) is 5.41 Å².